The van der Waals surface area contributed by atoms with Crippen LogP contribution in [0, 0.1) is 0 Å². The first-order valence-corrected chi connectivity index (χ1v) is 3.84. The molecule has 0 amide bonds. The molecule has 0 aliphatic carbocycles. The fourth-order valence-electron chi connectivity index (χ4n) is 0.741. The second-order valence-corrected chi connectivity index (χ2v) is 2.54. The van der Waals surface area contributed by atoms with Crippen molar-refractivity contribution >= 4 is 5.97 Å². The first kappa shape index (κ1) is 10.8. The summed E-state index contributed by atoms with van der Waals surface area (Å²) < 4.78 is 4.70. The summed E-state index contributed by atoms with van der Waals surface area (Å²) in [5.74, 6) is -0.272. The van der Waals surface area contributed by atoms with E-state index in [1.807, 2.05) is 6.92 Å². The van der Waals surface area contributed by atoms with Crippen LogP contribution in [0.2, 0.25) is 0 Å². The second-order valence-electron chi connectivity index (χ2n) is 2.54. The van der Waals surface area contributed by atoms with Crippen LogP contribution in [0.15, 0.2) is 5.11 Å². The van der Waals surface area contributed by atoms with E-state index in [0.717, 1.165) is 12.8 Å². The largest absolute Gasteiger partial charge is 0.466 e. The van der Waals surface area contributed by atoms with Crippen LogP contribution in [-0.4, -0.2) is 18.6 Å². The highest BCUT2D eigenvalue weighted by atomic mass is 16.5. The molecule has 12 heavy (non-hydrogen) atoms. The van der Waals surface area contributed by atoms with Crippen molar-refractivity contribution in [2.24, 2.45) is 5.11 Å². The Bertz CT molecular complexity index is 187. The molecule has 0 bridgehead atoms. The SMILES string of the molecule is CC(=O)OCCCC(C)N=[N+]=[N-]. The van der Waals surface area contributed by atoms with Gasteiger partial charge in [0, 0.05) is 17.9 Å². The van der Waals surface area contributed by atoms with Gasteiger partial charge in [-0.1, -0.05) is 12.0 Å². The minimum atomic E-state index is -0.272. The van der Waals surface area contributed by atoms with Crippen molar-refractivity contribution in [2.45, 2.75) is 32.7 Å². The molecule has 0 aliphatic heterocycles. The summed E-state index contributed by atoms with van der Waals surface area (Å²) >= 11 is 0. The maximum absolute atomic E-state index is 10.3. The normalized spacial score (nSPS) is 11.5. The highest BCUT2D eigenvalue weighted by molar-refractivity contribution is 5.65. The zero-order valence-corrected chi connectivity index (χ0v) is 7.36. The summed E-state index contributed by atoms with van der Waals surface area (Å²) in [5.41, 5.74) is 8.05. The van der Waals surface area contributed by atoms with Gasteiger partial charge < -0.3 is 4.74 Å². The molecule has 5 nitrogen and oxygen atoms in total. The first-order valence-electron chi connectivity index (χ1n) is 3.84. The number of carbonyl (C=O) groups excluding carboxylic acids is 1. The van der Waals surface area contributed by atoms with Crippen molar-refractivity contribution in [1.82, 2.24) is 0 Å². The standard InChI is InChI=1S/C7H13N3O2/c1-6(9-10-8)4-3-5-12-7(2)11/h6H,3-5H2,1-2H3. The molecule has 0 aromatic rings. The summed E-state index contributed by atoms with van der Waals surface area (Å²) in [6.07, 6.45) is 1.48. The molecule has 0 aromatic heterocycles. The number of carbonyl (C=O) groups is 1. The van der Waals surface area contributed by atoms with E-state index in [0.29, 0.717) is 6.61 Å². The number of rotatable bonds is 5. The molecular formula is C7H13N3O2. The van der Waals surface area contributed by atoms with Gasteiger partial charge in [-0.3, -0.25) is 4.79 Å². The van der Waals surface area contributed by atoms with Crippen molar-refractivity contribution in [2.75, 3.05) is 6.61 Å². The molecule has 1 unspecified atom stereocenters. The van der Waals surface area contributed by atoms with Gasteiger partial charge in [0.2, 0.25) is 0 Å². The lowest BCUT2D eigenvalue weighted by Crippen LogP contribution is -2.03. The first-order chi connectivity index (χ1) is 5.66. The molecule has 0 fully saturated rings. The van der Waals surface area contributed by atoms with Crippen LogP contribution in [0.25, 0.3) is 10.4 Å². The zero-order chi connectivity index (χ0) is 9.40. The Kier molecular flexibility index (Phi) is 5.83. The molecule has 68 valence electrons. The maximum atomic E-state index is 10.3. The van der Waals surface area contributed by atoms with Crippen LogP contribution in [0.5, 0.6) is 0 Å². The Hall–Kier alpha value is -1.22. The number of hydrogen-bond acceptors (Lipinski definition) is 3. The summed E-state index contributed by atoms with van der Waals surface area (Å²) in [4.78, 5) is 13.0. The average molecular weight is 171 g/mol. The van der Waals surface area contributed by atoms with E-state index in [2.05, 4.69) is 10.0 Å². The van der Waals surface area contributed by atoms with Gasteiger partial charge in [0.1, 0.15) is 0 Å². The smallest absolute Gasteiger partial charge is 0.302 e. The van der Waals surface area contributed by atoms with Crippen molar-refractivity contribution in [3.8, 4) is 0 Å². The lowest BCUT2D eigenvalue weighted by Gasteiger charge is -2.03. The number of hydrogen-bond donors (Lipinski definition) is 0. The van der Waals surface area contributed by atoms with Crippen molar-refractivity contribution < 1.29 is 9.53 Å². The molecule has 0 spiro atoms. The zero-order valence-electron chi connectivity index (χ0n) is 7.36. The molecule has 0 heterocycles. The van der Waals surface area contributed by atoms with Crippen molar-refractivity contribution in [3.05, 3.63) is 10.4 Å². The van der Waals surface area contributed by atoms with Gasteiger partial charge in [-0.2, -0.15) is 0 Å². The molecule has 0 rings (SSSR count). The predicted octanol–water partition coefficient (Wildman–Crippen LogP) is 2.03. The molecule has 0 saturated carbocycles. The van der Waals surface area contributed by atoms with Crippen LogP contribution >= 0.6 is 0 Å². The highest BCUT2D eigenvalue weighted by Gasteiger charge is 1.98. The van der Waals surface area contributed by atoms with Crippen LogP contribution < -0.4 is 0 Å². The fraction of sp³-hybridized carbons (Fsp3) is 0.857. The number of ether oxygens (including phenoxy) is 1. The van der Waals surface area contributed by atoms with Gasteiger partial charge in [-0.15, -0.1) is 0 Å². The third kappa shape index (κ3) is 6.89. The maximum Gasteiger partial charge on any atom is 0.302 e. The van der Waals surface area contributed by atoms with Crippen LogP contribution in [-0.2, 0) is 9.53 Å². The van der Waals surface area contributed by atoms with E-state index in [-0.39, 0.29) is 12.0 Å². The summed E-state index contributed by atoms with van der Waals surface area (Å²) in [6, 6.07) is -0.0226. The van der Waals surface area contributed by atoms with Crippen molar-refractivity contribution in [1.29, 1.82) is 0 Å². The number of azide groups is 1. The topological polar surface area (TPSA) is 75.1 Å². The Morgan fingerprint density at radius 3 is 2.92 bits per heavy atom. The van der Waals surface area contributed by atoms with Crippen molar-refractivity contribution in [3.63, 3.8) is 0 Å². The lowest BCUT2D eigenvalue weighted by atomic mass is 10.2. The molecule has 0 aliphatic rings. The molecule has 0 N–H and O–H groups in total. The second kappa shape index (κ2) is 6.49. The Morgan fingerprint density at radius 2 is 2.42 bits per heavy atom. The monoisotopic (exact) mass is 171 g/mol. The molecule has 0 saturated heterocycles. The molecule has 5 heteroatoms. The summed E-state index contributed by atoms with van der Waals surface area (Å²) in [7, 11) is 0. The molecule has 0 radical (unpaired) electrons. The van der Waals surface area contributed by atoms with Gasteiger partial charge in [-0.05, 0) is 18.4 Å². The molecule has 0 aromatic carbocycles. The summed E-state index contributed by atoms with van der Waals surface area (Å²) in [5, 5.41) is 3.48. The highest BCUT2D eigenvalue weighted by Crippen LogP contribution is 2.01. The van der Waals surface area contributed by atoms with E-state index in [1.54, 1.807) is 0 Å². The van der Waals surface area contributed by atoms with E-state index < -0.39 is 0 Å². The Labute approximate surface area is 71.3 Å². The molecule has 1 atom stereocenters. The minimum absolute atomic E-state index is 0.0226. The van der Waals surface area contributed by atoms with E-state index >= 15 is 0 Å². The Morgan fingerprint density at radius 1 is 1.75 bits per heavy atom. The van der Waals surface area contributed by atoms with Gasteiger partial charge in [0.25, 0.3) is 0 Å². The van der Waals surface area contributed by atoms with Crippen LogP contribution in [0.4, 0.5) is 0 Å². The predicted molar refractivity (Wildman–Crippen MR) is 44.5 cm³/mol. The van der Waals surface area contributed by atoms with Gasteiger partial charge in [0.05, 0.1) is 6.61 Å². The minimum Gasteiger partial charge on any atom is -0.466 e. The fourth-order valence-corrected chi connectivity index (χ4v) is 0.741. The number of nitrogens with zero attached hydrogens (tertiary/aromatic N) is 3. The quantitative estimate of drug-likeness (QED) is 0.208. The van der Waals surface area contributed by atoms with Gasteiger partial charge >= 0.3 is 5.97 Å². The third-order valence-electron chi connectivity index (χ3n) is 1.32. The lowest BCUT2D eigenvalue weighted by molar-refractivity contribution is -0.141. The van der Waals surface area contributed by atoms with Gasteiger partial charge in [0.15, 0.2) is 0 Å². The summed E-state index contributed by atoms with van der Waals surface area (Å²) in [6.45, 7) is 3.60. The van der Waals surface area contributed by atoms with Crippen LogP contribution in [0.3, 0.4) is 0 Å². The molecular weight excluding hydrogens is 158 g/mol. The van der Waals surface area contributed by atoms with E-state index in [1.165, 1.54) is 6.92 Å². The van der Waals surface area contributed by atoms with Crippen LogP contribution in [0.1, 0.15) is 26.7 Å². The van der Waals surface area contributed by atoms with E-state index in [9.17, 15) is 4.79 Å². The number of esters is 1. The van der Waals surface area contributed by atoms with E-state index in [4.69, 9.17) is 10.3 Å². The Balaban J connectivity index is 3.31. The van der Waals surface area contributed by atoms with Gasteiger partial charge in [-0.25, -0.2) is 0 Å². The average Bonchev–Trinajstić information content (AvgIpc) is 1.98. The third-order valence-corrected chi connectivity index (χ3v) is 1.32.